The predicted molar refractivity (Wildman–Crippen MR) is 105 cm³/mol. The van der Waals surface area contributed by atoms with Gasteiger partial charge in [-0.25, -0.2) is 0 Å². The van der Waals surface area contributed by atoms with Crippen molar-refractivity contribution in [3.05, 3.63) is 83.9 Å². The molecule has 0 saturated heterocycles. The van der Waals surface area contributed by atoms with E-state index in [-0.39, 0.29) is 11.8 Å². The standard InChI is InChI=1S/C22H14F2N4O2/c23-19(24)21-27-26-20(30-21)13-8-9-14-12-28(22(29)16(14)11-13)18-7-2-1-5-15(18)17-6-3-4-10-25-17/h1-11,19H,12H2. The van der Waals surface area contributed by atoms with Gasteiger partial charge in [0, 0.05) is 22.9 Å². The van der Waals surface area contributed by atoms with Crippen molar-refractivity contribution in [3.8, 4) is 22.7 Å². The maximum Gasteiger partial charge on any atom is 0.314 e. The number of nitrogens with zero attached hydrogens (tertiary/aromatic N) is 4. The number of hydrogen-bond acceptors (Lipinski definition) is 5. The number of fused-ring (bicyclic) bond motifs is 1. The van der Waals surface area contributed by atoms with E-state index in [0.717, 1.165) is 22.5 Å². The molecule has 30 heavy (non-hydrogen) atoms. The second kappa shape index (κ2) is 7.14. The molecule has 8 heteroatoms. The van der Waals surface area contributed by atoms with Crippen LogP contribution in [0.2, 0.25) is 0 Å². The number of alkyl halides is 2. The van der Waals surface area contributed by atoms with E-state index in [1.807, 2.05) is 42.5 Å². The van der Waals surface area contributed by atoms with Gasteiger partial charge in [-0.2, -0.15) is 8.78 Å². The van der Waals surface area contributed by atoms with Crippen LogP contribution in [0.15, 0.2) is 71.3 Å². The van der Waals surface area contributed by atoms with Crippen LogP contribution >= 0.6 is 0 Å². The third-order valence-electron chi connectivity index (χ3n) is 4.92. The molecule has 5 rings (SSSR count). The van der Waals surface area contributed by atoms with Gasteiger partial charge in [-0.05, 0) is 35.9 Å². The lowest BCUT2D eigenvalue weighted by atomic mass is 10.1. The molecule has 1 aliphatic heterocycles. The van der Waals surface area contributed by atoms with Gasteiger partial charge in [-0.15, -0.1) is 10.2 Å². The molecule has 0 atom stereocenters. The molecule has 0 spiro atoms. The van der Waals surface area contributed by atoms with Crippen LogP contribution in [-0.4, -0.2) is 21.1 Å². The first-order chi connectivity index (χ1) is 14.6. The smallest absolute Gasteiger partial charge is 0.314 e. The fourth-order valence-electron chi connectivity index (χ4n) is 3.52. The Morgan fingerprint density at radius 3 is 2.57 bits per heavy atom. The highest BCUT2D eigenvalue weighted by atomic mass is 19.3. The van der Waals surface area contributed by atoms with Gasteiger partial charge in [0.25, 0.3) is 11.8 Å². The van der Waals surface area contributed by atoms with Crippen LogP contribution in [0.1, 0.15) is 28.2 Å². The number of aromatic nitrogens is 3. The van der Waals surface area contributed by atoms with E-state index in [2.05, 4.69) is 15.2 Å². The fourth-order valence-corrected chi connectivity index (χ4v) is 3.52. The maximum absolute atomic E-state index is 13.2. The molecule has 4 aromatic rings. The van der Waals surface area contributed by atoms with Crippen molar-refractivity contribution in [1.29, 1.82) is 0 Å². The molecule has 0 radical (unpaired) electrons. The number of amides is 1. The summed E-state index contributed by atoms with van der Waals surface area (Å²) in [7, 11) is 0. The van der Waals surface area contributed by atoms with E-state index in [9.17, 15) is 13.6 Å². The van der Waals surface area contributed by atoms with Crippen LogP contribution in [-0.2, 0) is 6.54 Å². The highest BCUT2D eigenvalue weighted by Crippen LogP contribution is 2.36. The Morgan fingerprint density at radius 1 is 0.967 bits per heavy atom. The first-order valence-electron chi connectivity index (χ1n) is 9.19. The van der Waals surface area contributed by atoms with Crippen LogP contribution in [0.4, 0.5) is 14.5 Å². The van der Waals surface area contributed by atoms with E-state index in [4.69, 9.17) is 4.42 Å². The summed E-state index contributed by atoms with van der Waals surface area (Å²) < 4.78 is 30.5. The first kappa shape index (κ1) is 18.1. The largest absolute Gasteiger partial charge is 0.415 e. The van der Waals surface area contributed by atoms with Crippen molar-refractivity contribution in [3.63, 3.8) is 0 Å². The van der Waals surface area contributed by atoms with E-state index in [1.54, 1.807) is 29.3 Å². The minimum atomic E-state index is -2.85. The van der Waals surface area contributed by atoms with Gasteiger partial charge in [0.2, 0.25) is 5.89 Å². The molecular weight excluding hydrogens is 390 g/mol. The predicted octanol–water partition coefficient (Wildman–Crippen LogP) is 4.90. The van der Waals surface area contributed by atoms with Gasteiger partial charge in [-0.1, -0.05) is 30.3 Å². The Kier molecular flexibility index (Phi) is 4.31. The third-order valence-corrected chi connectivity index (χ3v) is 4.92. The fraction of sp³-hybridized carbons (Fsp3) is 0.0909. The summed E-state index contributed by atoms with van der Waals surface area (Å²) in [6.45, 7) is 0.393. The molecule has 6 nitrogen and oxygen atoms in total. The van der Waals surface area contributed by atoms with Crippen LogP contribution in [0, 0.1) is 0 Å². The number of benzene rings is 2. The summed E-state index contributed by atoms with van der Waals surface area (Å²) >= 11 is 0. The molecule has 0 unspecified atom stereocenters. The number of halogens is 2. The van der Waals surface area contributed by atoms with Crippen LogP contribution in [0.3, 0.4) is 0 Å². The Morgan fingerprint density at radius 2 is 1.80 bits per heavy atom. The molecule has 3 heterocycles. The lowest BCUT2D eigenvalue weighted by Crippen LogP contribution is -2.23. The van der Waals surface area contributed by atoms with Gasteiger partial charge >= 0.3 is 6.43 Å². The maximum atomic E-state index is 13.2. The molecule has 2 aromatic heterocycles. The topological polar surface area (TPSA) is 72.1 Å². The summed E-state index contributed by atoms with van der Waals surface area (Å²) in [5.74, 6) is -0.986. The Hall–Kier alpha value is -3.94. The van der Waals surface area contributed by atoms with Gasteiger partial charge in [0.15, 0.2) is 0 Å². The lowest BCUT2D eigenvalue weighted by molar-refractivity contribution is 0.0996. The average molecular weight is 404 g/mol. The second-order valence-corrected chi connectivity index (χ2v) is 6.74. The number of anilines is 1. The van der Waals surface area contributed by atoms with E-state index in [1.165, 1.54) is 0 Å². The highest BCUT2D eigenvalue weighted by molar-refractivity contribution is 6.12. The zero-order valence-corrected chi connectivity index (χ0v) is 15.5. The average Bonchev–Trinajstić information content (AvgIpc) is 3.40. The number of carbonyl (C=O) groups is 1. The Labute approximate surface area is 169 Å². The minimum absolute atomic E-state index is 0.0479. The summed E-state index contributed by atoms with van der Waals surface area (Å²) in [5, 5.41) is 7.00. The molecule has 0 N–H and O–H groups in total. The molecule has 2 aromatic carbocycles. The lowest BCUT2D eigenvalue weighted by Gasteiger charge is -2.19. The number of rotatable bonds is 4. The SMILES string of the molecule is O=C1c2cc(-c3nnc(C(F)F)o3)ccc2CN1c1ccccc1-c1ccccn1. The summed E-state index contributed by atoms with van der Waals surface area (Å²) in [6, 6.07) is 18.2. The second-order valence-electron chi connectivity index (χ2n) is 6.74. The first-order valence-corrected chi connectivity index (χ1v) is 9.19. The van der Waals surface area contributed by atoms with E-state index in [0.29, 0.717) is 17.7 Å². The quantitative estimate of drug-likeness (QED) is 0.484. The molecule has 148 valence electrons. The van der Waals surface area contributed by atoms with Crippen molar-refractivity contribution in [2.24, 2.45) is 0 Å². The van der Waals surface area contributed by atoms with Gasteiger partial charge in [0.1, 0.15) is 0 Å². The van der Waals surface area contributed by atoms with Crippen LogP contribution < -0.4 is 4.90 Å². The molecular formula is C22H14F2N4O2. The number of pyridine rings is 1. The number of para-hydroxylation sites is 1. The van der Waals surface area contributed by atoms with E-state index >= 15 is 0 Å². The van der Waals surface area contributed by atoms with Crippen molar-refractivity contribution >= 4 is 11.6 Å². The zero-order valence-electron chi connectivity index (χ0n) is 15.5. The van der Waals surface area contributed by atoms with Gasteiger partial charge < -0.3 is 9.32 Å². The van der Waals surface area contributed by atoms with Gasteiger partial charge in [-0.3, -0.25) is 9.78 Å². The summed E-state index contributed by atoms with van der Waals surface area (Å²) in [6.07, 6.45) is -1.14. The molecule has 0 bridgehead atoms. The van der Waals surface area contributed by atoms with Crippen molar-refractivity contribution in [2.75, 3.05) is 4.90 Å². The van der Waals surface area contributed by atoms with Crippen molar-refractivity contribution < 1.29 is 18.0 Å². The Bertz CT molecular complexity index is 1240. The highest BCUT2D eigenvalue weighted by Gasteiger charge is 2.31. The normalized spacial score (nSPS) is 13.2. The van der Waals surface area contributed by atoms with Crippen LogP contribution in [0.5, 0.6) is 0 Å². The van der Waals surface area contributed by atoms with Crippen LogP contribution in [0.25, 0.3) is 22.7 Å². The van der Waals surface area contributed by atoms with Gasteiger partial charge in [0.05, 0.1) is 17.9 Å². The minimum Gasteiger partial charge on any atom is -0.415 e. The molecule has 1 amide bonds. The third kappa shape index (κ3) is 3.02. The van der Waals surface area contributed by atoms with Crippen molar-refractivity contribution in [1.82, 2.24) is 15.2 Å². The van der Waals surface area contributed by atoms with Crippen molar-refractivity contribution in [2.45, 2.75) is 13.0 Å². The zero-order chi connectivity index (χ0) is 20.7. The molecule has 0 aliphatic carbocycles. The monoisotopic (exact) mass is 404 g/mol. The molecule has 0 fully saturated rings. The summed E-state index contributed by atoms with van der Waals surface area (Å²) in [4.78, 5) is 19.3. The van der Waals surface area contributed by atoms with E-state index < -0.39 is 12.3 Å². The molecule has 0 saturated carbocycles. The molecule has 1 aliphatic rings. The number of hydrogen-bond donors (Lipinski definition) is 0. The summed E-state index contributed by atoms with van der Waals surface area (Å²) in [5.41, 5.74) is 4.08. The number of carbonyl (C=O) groups excluding carboxylic acids is 1. The Balaban J connectivity index is 1.51.